The van der Waals surface area contributed by atoms with Gasteiger partial charge in [0.1, 0.15) is 0 Å². The molecule has 0 amide bonds. The number of hydrogen-bond donors (Lipinski definition) is 1. The molecule has 1 aromatic heterocycles. The predicted molar refractivity (Wildman–Crippen MR) is 84.9 cm³/mol. The number of rotatable bonds is 5. The van der Waals surface area contributed by atoms with E-state index in [2.05, 4.69) is 0 Å². The van der Waals surface area contributed by atoms with Crippen LogP contribution in [0, 0.1) is 17.0 Å². The minimum Gasteiger partial charge on any atom is -0.388 e. The third-order valence-electron chi connectivity index (χ3n) is 3.21. The van der Waals surface area contributed by atoms with Gasteiger partial charge < -0.3 is 10.0 Å². The highest BCUT2D eigenvalue weighted by molar-refractivity contribution is 7.16. The SMILES string of the molecule is Cc1ccc(CN(C)c2sc([C@@H](C)O)cc2[N+](=O)[O-])cc1. The topological polar surface area (TPSA) is 66.6 Å². The molecule has 0 fully saturated rings. The van der Waals surface area contributed by atoms with Gasteiger partial charge in [-0.1, -0.05) is 29.8 Å². The number of nitro groups is 1. The van der Waals surface area contributed by atoms with Crippen LogP contribution in [0.1, 0.15) is 29.0 Å². The van der Waals surface area contributed by atoms with Gasteiger partial charge in [0.15, 0.2) is 5.00 Å². The zero-order chi connectivity index (χ0) is 15.6. The third-order valence-corrected chi connectivity index (χ3v) is 4.62. The molecular formula is C15H18N2O3S. The van der Waals surface area contributed by atoms with E-state index in [0.717, 1.165) is 5.56 Å². The Hall–Kier alpha value is -1.92. The second kappa shape index (κ2) is 6.24. The van der Waals surface area contributed by atoms with E-state index in [-0.39, 0.29) is 5.69 Å². The van der Waals surface area contributed by atoms with Gasteiger partial charge in [-0.25, -0.2) is 0 Å². The lowest BCUT2D eigenvalue weighted by Gasteiger charge is -2.16. The number of aryl methyl sites for hydroxylation is 1. The van der Waals surface area contributed by atoms with E-state index in [4.69, 9.17) is 0 Å². The lowest BCUT2D eigenvalue weighted by atomic mass is 10.1. The quantitative estimate of drug-likeness (QED) is 0.676. The number of aliphatic hydroxyl groups excluding tert-OH is 1. The Morgan fingerprint density at radius 3 is 2.52 bits per heavy atom. The summed E-state index contributed by atoms with van der Waals surface area (Å²) in [6.07, 6.45) is -0.699. The number of thiophene rings is 1. The molecule has 1 N–H and O–H groups in total. The molecule has 1 atom stereocenters. The Labute approximate surface area is 127 Å². The first-order valence-electron chi connectivity index (χ1n) is 6.61. The maximum Gasteiger partial charge on any atom is 0.304 e. The monoisotopic (exact) mass is 306 g/mol. The Kier molecular flexibility index (Phi) is 4.59. The van der Waals surface area contributed by atoms with E-state index < -0.39 is 11.0 Å². The summed E-state index contributed by atoms with van der Waals surface area (Å²) in [7, 11) is 1.82. The van der Waals surface area contributed by atoms with E-state index in [1.165, 1.54) is 23.0 Å². The Morgan fingerprint density at radius 1 is 1.38 bits per heavy atom. The molecule has 0 aliphatic heterocycles. The molecule has 2 aromatic rings. The molecule has 2 rings (SSSR count). The van der Waals surface area contributed by atoms with Crippen LogP contribution in [0.15, 0.2) is 30.3 Å². The molecule has 6 heteroatoms. The van der Waals surface area contributed by atoms with Crippen LogP contribution < -0.4 is 4.90 Å². The zero-order valence-electron chi connectivity index (χ0n) is 12.2. The fraction of sp³-hybridized carbons (Fsp3) is 0.333. The van der Waals surface area contributed by atoms with E-state index >= 15 is 0 Å². The molecule has 112 valence electrons. The number of benzene rings is 1. The molecule has 1 aromatic carbocycles. The molecule has 0 saturated heterocycles. The summed E-state index contributed by atoms with van der Waals surface area (Å²) in [4.78, 5) is 13.2. The Morgan fingerprint density at radius 2 is 2.00 bits per heavy atom. The molecular weight excluding hydrogens is 288 g/mol. The number of anilines is 1. The summed E-state index contributed by atoms with van der Waals surface area (Å²) in [5, 5.41) is 21.3. The van der Waals surface area contributed by atoms with Gasteiger partial charge in [-0.05, 0) is 19.4 Å². The molecule has 0 aliphatic carbocycles. The summed E-state index contributed by atoms with van der Waals surface area (Å²) in [6, 6.07) is 9.53. The third kappa shape index (κ3) is 3.59. The van der Waals surface area contributed by atoms with Crippen molar-refractivity contribution in [3.63, 3.8) is 0 Å². The van der Waals surface area contributed by atoms with Gasteiger partial charge in [0, 0.05) is 24.5 Å². The smallest absolute Gasteiger partial charge is 0.304 e. The normalized spacial score (nSPS) is 12.2. The first kappa shape index (κ1) is 15.5. The van der Waals surface area contributed by atoms with Crippen molar-refractivity contribution in [1.29, 1.82) is 0 Å². The molecule has 0 spiro atoms. The second-order valence-corrected chi connectivity index (χ2v) is 6.18. The van der Waals surface area contributed by atoms with Crippen molar-refractivity contribution in [2.24, 2.45) is 0 Å². The highest BCUT2D eigenvalue weighted by Crippen LogP contribution is 2.40. The fourth-order valence-electron chi connectivity index (χ4n) is 2.04. The highest BCUT2D eigenvalue weighted by Gasteiger charge is 2.23. The van der Waals surface area contributed by atoms with E-state index in [9.17, 15) is 15.2 Å². The van der Waals surface area contributed by atoms with Crippen molar-refractivity contribution >= 4 is 22.0 Å². The minimum absolute atomic E-state index is 0.0468. The fourth-order valence-corrected chi connectivity index (χ4v) is 3.06. The molecule has 0 radical (unpaired) electrons. The van der Waals surface area contributed by atoms with Crippen LogP contribution in [0.5, 0.6) is 0 Å². The summed E-state index contributed by atoms with van der Waals surface area (Å²) in [6.45, 7) is 4.21. The van der Waals surface area contributed by atoms with Crippen molar-refractivity contribution in [2.75, 3.05) is 11.9 Å². The van der Waals surface area contributed by atoms with Crippen LogP contribution in [0.25, 0.3) is 0 Å². The first-order chi connectivity index (χ1) is 9.88. The summed E-state index contributed by atoms with van der Waals surface area (Å²) in [5.74, 6) is 0. The summed E-state index contributed by atoms with van der Waals surface area (Å²) in [5.41, 5.74) is 2.31. The van der Waals surface area contributed by atoms with Crippen LogP contribution in [0.2, 0.25) is 0 Å². The van der Waals surface area contributed by atoms with E-state index in [1.54, 1.807) is 6.92 Å². The standard InChI is InChI=1S/C15H18N2O3S/c1-10-4-6-12(7-5-10)9-16(3)15-13(17(19)20)8-14(21-15)11(2)18/h4-8,11,18H,9H2,1-3H3/t11-/m1/s1. The number of nitrogens with zero attached hydrogens (tertiary/aromatic N) is 2. The van der Waals surface area contributed by atoms with Gasteiger partial charge in [-0.2, -0.15) is 0 Å². The Bertz CT molecular complexity index is 635. The van der Waals surface area contributed by atoms with Crippen LogP contribution in [-0.4, -0.2) is 17.1 Å². The van der Waals surface area contributed by atoms with Crippen LogP contribution in [-0.2, 0) is 6.54 Å². The largest absolute Gasteiger partial charge is 0.388 e. The van der Waals surface area contributed by atoms with Gasteiger partial charge in [-0.3, -0.25) is 10.1 Å². The van der Waals surface area contributed by atoms with Crippen molar-refractivity contribution < 1.29 is 10.0 Å². The molecule has 1 heterocycles. The van der Waals surface area contributed by atoms with Crippen molar-refractivity contribution in [2.45, 2.75) is 26.5 Å². The number of aliphatic hydroxyl groups is 1. The van der Waals surface area contributed by atoms with Gasteiger partial charge in [0.25, 0.3) is 0 Å². The maximum absolute atomic E-state index is 11.2. The van der Waals surface area contributed by atoms with Crippen molar-refractivity contribution in [3.8, 4) is 0 Å². The lowest BCUT2D eigenvalue weighted by Crippen LogP contribution is -2.16. The zero-order valence-corrected chi connectivity index (χ0v) is 13.1. The molecule has 21 heavy (non-hydrogen) atoms. The average Bonchev–Trinajstić information content (AvgIpc) is 2.87. The molecule has 0 aliphatic rings. The average molecular weight is 306 g/mol. The molecule has 0 saturated carbocycles. The van der Waals surface area contributed by atoms with Crippen LogP contribution in [0.4, 0.5) is 10.7 Å². The predicted octanol–water partition coefficient (Wildman–Crippen LogP) is 3.65. The second-order valence-electron chi connectivity index (χ2n) is 5.11. The molecule has 5 nitrogen and oxygen atoms in total. The first-order valence-corrected chi connectivity index (χ1v) is 7.43. The van der Waals surface area contributed by atoms with Crippen molar-refractivity contribution in [3.05, 3.63) is 56.5 Å². The highest BCUT2D eigenvalue weighted by atomic mass is 32.1. The van der Waals surface area contributed by atoms with Gasteiger partial charge >= 0.3 is 5.69 Å². The molecule has 0 bridgehead atoms. The van der Waals surface area contributed by atoms with Crippen molar-refractivity contribution in [1.82, 2.24) is 0 Å². The van der Waals surface area contributed by atoms with Gasteiger partial charge in [0.05, 0.1) is 11.0 Å². The Balaban J connectivity index is 2.27. The minimum atomic E-state index is -0.699. The van der Waals surface area contributed by atoms with Crippen LogP contribution in [0.3, 0.4) is 0 Å². The van der Waals surface area contributed by atoms with Gasteiger partial charge in [0.2, 0.25) is 0 Å². The summed E-state index contributed by atoms with van der Waals surface area (Å²) >= 11 is 1.26. The maximum atomic E-state index is 11.2. The lowest BCUT2D eigenvalue weighted by molar-refractivity contribution is -0.383. The van der Waals surface area contributed by atoms with Gasteiger partial charge in [-0.15, -0.1) is 11.3 Å². The van der Waals surface area contributed by atoms with Crippen LogP contribution >= 0.6 is 11.3 Å². The molecule has 0 unspecified atom stereocenters. The summed E-state index contributed by atoms with van der Waals surface area (Å²) < 4.78 is 0. The van der Waals surface area contributed by atoms with E-state index in [1.807, 2.05) is 43.1 Å². The number of hydrogen-bond acceptors (Lipinski definition) is 5. The van der Waals surface area contributed by atoms with E-state index in [0.29, 0.717) is 16.4 Å².